The van der Waals surface area contributed by atoms with Gasteiger partial charge in [-0.25, -0.2) is 0 Å². The second kappa shape index (κ2) is 17.2. The molecule has 2 heterocycles. The van der Waals surface area contributed by atoms with Crippen molar-refractivity contribution in [3.63, 3.8) is 0 Å². The van der Waals surface area contributed by atoms with Crippen LogP contribution in [0.4, 0.5) is 0 Å². The van der Waals surface area contributed by atoms with Crippen molar-refractivity contribution >= 4 is 61.0 Å². The second-order valence-corrected chi connectivity index (χ2v) is 16.7. The van der Waals surface area contributed by atoms with Crippen molar-refractivity contribution in [3.8, 4) is 45.7 Å². The quantitative estimate of drug-likeness (QED) is 0.162. The topological polar surface area (TPSA) is 37.5 Å². The fourth-order valence-corrected chi connectivity index (χ4v) is 9.87. The van der Waals surface area contributed by atoms with Crippen molar-refractivity contribution in [2.45, 2.75) is 25.8 Å². The van der Waals surface area contributed by atoms with Gasteiger partial charge in [-0.15, -0.1) is 6.42 Å². The highest BCUT2D eigenvalue weighted by Gasteiger charge is 2.23. The lowest BCUT2D eigenvalue weighted by molar-refractivity contribution is 0.666. The molecule has 0 fully saturated rings. The number of hydrogen-bond donors (Lipinski definition) is 1. The molecular formula is C62H46N2O. The molecular weight excluding hydrogens is 789 g/mol. The van der Waals surface area contributed by atoms with Gasteiger partial charge in [0.05, 0.1) is 6.04 Å². The molecule has 65 heavy (non-hydrogen) atoms. The predicted octanol–water partition coefficient (Wildman–Crippen LogP) is 15.9. The van der Waals surface area contributed by atoms with Crippen LogP contribution in [-0.2, 0) is 0 Å². The summed E-state index contributed by atoms with van der Waals surface area (Å²) < 4.78 is 6.63. The van der Waals surface area contributed by atoms with Crippen molar-refractivity contribution in [3.05, 3.63) is 228 Å². The van der Waals surface area contributed by atoms with Gasteiger partial charge in [-0.2, -0.15) is 0 Å². The Morgan fingerprint density at radius 3 is 2.03 bits per heavy atom. The van der Waals surface area contributed by atoms with E-state index in [0.29, 0.717) is 6.54 Å². The molecule has 0 radical (unpaired) electrons. The SMILES string of the molecule is C#Cc1c(-c2ccc(-c3ccc(C4CN/C(c5ccccc5-c5ccccc5)=C\CC/C(c5cccc6c5oc5ccccc56)=N\4)c4ccccc34)cc2)cc2ccccc2c1/C=C\C. The number of para-hydroxylation sites is 2. The summed E-state index contributed by atoms with van der Waals surface area (Å²) in [4.78, 5) is 5.76. The number of allylic oxidation sites excluding steroid dienone is 2. The van der Waals surface area contributed by atoms with E-state index < -0.39 is 0 Å². The molecule has 0 aliphatic carbocycles. The maximum atomic E-state index is 6.63. The summed E-state index contributed by atoms with van der Waals surface area (Å²) in [7, 11) is 0. The van der Waals surface area contributed by atoms with E-state index in [0.717, 1.165) is 85.0 Å². The van der Waals surface area contributed by atoms with E-state index >= 15 is 0 Å². The minimum Gasteiger partial charge on any atom is -0.455 e. The normalized spacial score (nSPS) is 16.0. The summed E-state index contributed by atoms with van der Waals surface area (Å²) in [5.74, 6) is 3.03. The summed E-state index contributed by atoms with van der Waals surface area (Å²) in [6.07, 6.45) is 14.3. The fourth-order valence-electron chi connectivity index (χ4n) is 9.87. The van der Waals surface area contributed by atoms with Crippen molar-refractivity contribution in [2.24, 2.45) is 4.99 Å². The maximum absolute atomic E-state index is 6.63. The molecule has 1 aliphatic heterocycles. The first-order valence-corrected chi connectivity index (χ1v) is 22.5. The molecule has 1 N–H and O–H groups in total. The Balaban J connectivity index is 1.02. The predicted molar refractivity (Wildman–Crippen MR) is 275 cm³/mol. The lowest BCUT2D eigenvalue weighted by atomic mass is 9.88. The molecule has 3 nitrogen and oxygen atoms in total. The van der Waals surface area contributed by atoms with E-state index in [1.807, 2.05) is 13.0 Å². The molecule has 0 saturated carbocycles. The first-order chi connectivity index (χ1) is 32.2. The van der Waals surface area contributed by atoms with E-state index in [-0.39, 0.29) is 6.04 Å². The van der Waals surface area contributed by atoms with Crippen LogP contribution in [0.1, 0.15) is 53.6 Å². The molecule has 11 rings (SSSR count). The monoisotopic (exact) mass is 834 g/mol. The van der Waals surface area contributed by atoms with E-state index in [1.165, 1.54) is 44.0 Å². The van der Waals surface area contributed by atoms with Crippen molar-refractivity contribution in [1.29, 1.82) is 0 Å². The third-order valence-electron chi connectivity index (χ3n) is 12.9. The van der Waals surface area contributed by atoms with E-state index in [2.05, 4.69) is 211 Å². The first kappa shape index (κ1) is 39.6. The van der Waals surface area contributed by atoms with E-state index in [9.17, 15) is 0 Å². The molecule has 9 aromatic carbocycles. The zero-order chi connectivity index (χ0) is 43.7. The van der Waals surface area contributed by atoms with Gasteiger partial charge in [0.2, 0.25) is 0 Å². The van der Waals surface area contributed by atoms with Crippen molar-refractivity contribution < 1.29 is 4.42 Å². The standard InChI is InChI=1S/C62H46N2O/c1-3-18-49-45(4-2)57(39-44-21-8-9-23-47(44)49)43-35-33-42(34-36-43)48-37-38-53(51-25-12-11-24-50(48)51)60-40-63-58(52-26-13-10-22-46(52)41-19-6-5-7-20-41)30-17-31-59(64-60)56-29-16-28-55-54-27-14-15-32-61(54)65-62(55)56/h2-3,5-16,18-30,32-39,60,63H,17,31,40H2,1H3/b18-3-,58-30-,64-59+. The number of fused-ring (bicyclic) bond motifs is 5. The minimum absolute atomic E-state index is 0.210. The van der Waals surface area contributed by atoms with Crippen molar-refractivity contribution in [2.75, 3.05) is 6.54 Å². The van der Waals surface area contributed by atoms with Crippen LogP contribution in [0.15, 0.2) is 210 Å². The average molecular weight is 835 g/mol. The number of rotatable bonds is 7. The summed E-state index contributed by atoms with van der Waals surface area (Å²) in [5.41, 5.74) is 16.2. The number of nitrogens with one attached hydrogen (secondary N) is 1. The summed E-state index contributed by atoms with van der Waals surface area (Å²) in [5, 5.41) is 10.9. The lowest BCUT2D eigenvalue weighted by Crippen LogP contribution is -2.20. The molecule has 0 bridgehead atoms. The molecule has 1 aromatic heterocycles. The number of hydrogen-bond acceptors (Lipinski definition) is 3. The van der Waals surface area contributed by atoms with Gasteiger partial charge in [0.25, 0.3) is 0 Å². The summed E-state index contributed by atoms with van der Waals surface area (Å²) in [6.45, 7) is 2.64. The Morgan fingerprint density at radius 2 is 1.23 bits per heavy atom. The molecule has 1 atom stereocenters. The van der Waals surface area contributed by atoms with Gasteiger partial charge in [0.15, 0.2) is 0 Å². The summed E-state index contributed by atoms with van der Waals surface area (Å²) in [6, 6.07) is 66.9. The minimum atomic E-state index is -0.210. The zero-order valence-electron chi connectivity index (χ0n) is 36.3. The Hall–Kier alpha value is -8.19. The molecule has 0 saturated heterocycles. The van der Waals surface area contributed by atoms with Crippen LogP contribution in [0.3, 0.4) is 0 Å². The molecule has 0 amide bonds. The van der Waals surface area contributed by atoms with Gasteiger partial charge in [0.1, 0.15) is 11.2 Å². The van der Waals surface area contributed by atoms with Crippen LogP contribution >= 0.6 is 0 Å². The van der Waals surface area contributed by atoms with E-state index in [4.69, 9.17) is 15.8 Å². The first-order valence-electron chi connectivity index (χ1n) is 22.5. The number of aliphatic imine (C=N–C) groups is 1. The van der Waals surface area contributed by atoms with Crippen LogP contribution in [0.5, 0.6) is 0 Å². The van der Waals surface area contributed by atoms with Crippen LogP contribution in [-0.4, -0.2) is 12.3 Å². The van der Waals surface area contributed by atoms with E-state index in [1.54, 1.807) is 0 Å². The Kier molecular flexibility index (Phi) is 10.5. The molecule has 3 heteroatoms. The van der Waals surface area contributed by atoms with Gasteiger partial charge in [-0.1, -0.05) is 194 Å². The maximum Gasteiger partial charge on any atom is 0.144 e. The number of nitrogens with zero attached hydrogens (tertiary/aromatic N) is 1. The third kappa shape index (κ3) is 7.30. The average Bonchev–Trinajstić information content (AvgIpc) is 3.80. The summed E-state index contributed by atoms with van der Waals surface area (Å²) >= 11 is 0. The Labute approximate surface area is 380 Å². The highest BCUT2D eigenvalue weighted by atomic mass is 16.3. The van der Waals surface area contributed by atoms with Gasteiger partial charge >= 0.3 is 0 Å². The second-order valence-electron chi connectivity index (χ2n) is 16.7. The molecule has 310 valence electrons. The van der Waals surface area contributed by atoms with Crippen molar-refractivity contribution in [1.82, 2.24) is 5.32 Å². The van der Waals surface area contributed by atoms with Crippen LogP contribution in [0.2, 0.25) is 0 Å². The highest BCUT2D eigenvalue weighted by Crippen LogP contribution is 2.40. The molecule has 10 aromatic rings. The molecule has 0 spiro atoms. The van der Waals surface area contributed by atoms with Crippen LogP contribution < -0.4 is 5.32 Å². The number of furan rings is 1. The Morgan fingerprint density at radius 1 is 0.585 bits per heavy atom. The van der Waals surface area contributed by atoms with Gasteiger partial charge in [-0.05, 0) is 104 Å². The number of terminal acetylenes is 1. The highest BCUT2D eigenvalue weighted by molar-refractivity contribution is 6.15. The third-order valence-corrected chi connectivity index (χ3v) is 12.9. The largest absolute Gasteiger partial charge is 0.455 e. The van der Waals surface area contributed by atoms with Crippen LogP contribution in [0.25, 0.3) is 88.6 Å². The van der Waals surface area contributed by atoms with Gasteiger partial charge in [0, 0.05) is 45.4 Å². The molecule has 1 aliphatic rings. The number of benzene rings is 9. The van der Waals surface area contributed by atoms with Gasteiger partial charge < -0.3 is 9.73 Å². The Bertz CT molecular complexity index is 3560. The van der Waals surface area contributed by atoms with Crippen LogP contribution in [0, 0.1) is 12.3 Å². The zero-order valence-corrected chi connectivity index (χ0v) is 36.3. The lowest BCUT2D eigenvalue weighted by Gasteiger charge is -2.21. The smallest absolute Gasteiger partial charge is 0.144 e. The molecule has 1 unspecified atom stereocenters. The van der Waals surface area contributed by atoms with Gasteiger partial charge in [-0.3, -0.25) is 4.99 Å². The fraction of sp³-hybridized carbons (Fsp3) is 0.0806.